The van der Waals surface area contributed by atoms with Crippen LogP contribution in [0.4, 0.5) is 4.39 Å². The van der Waals surface area contributed by atoms with E-state index in [1.54, 1.807) is 12.3 Å². The van der Waals surface area contributed by atoms with Gasteiger partial charge in [-0.25, -0.2) is 9.07 Å². The Morgan fingerprint density at radius 3 is 2.95 bits per heavy atom. The van der Waals surface area contributed by atoms with Gasteiger partial charge in [0, 0.05) is 13.0 Å². The van der Waals surface area contributed by atoms with Gasteiger partial charge in [-0.15, -0.1) is 5.10 Å². The number of Topliss-reactive ketones (excluding diaryl/α,β-unsaturated/α-hetero) is 1. The van der Waals surface area contributed by atoms with Gasteiger partial charge in [-0.3, -0.25) is 4.79 Å². The average Bonchev–Trinajstić information content (AvgIpc) is 2.82. The molecule has 0 saturated carbocycles. The van der Waals surface area contributed by atoms with Crippen molar-refractivity contribution in [2.75, 3.05) is 0 Å². The molecule has 1 aromatic heterocycles. The van der Waals surface area contributed by atoms with Gasteiger partial charge in [0.1, 0.15) is 12.4 Å². The van der Waals surface area contributed by atoms with Crippen molar-refractivity contribution in [3.8, 4) is 0 Å². The van der Waals surface area contributed by atoms with Crippen molar-refractivity contribution in [1.82, 2.24) is 15.0 Å². The number of carbonyl (C=O) groups excluding carboxylic acids is 1. The summed E-state index contributed by atoms with van der Waals surface area (Å²) >= 11 is 5.79. The molecule has 2 N–H and O–H groups in total. The smallest absolute Gasteiger partial charge is 0.158 e. The van der Waals surface area contributed by atoms with Crippen molar-refractivity contribution in [3.63, 3.8) is 0 Å². The molecule has 0 aliphatic rings. The molecule has 5 nitrogen and oxygen atoms in total. The molecular formula is C12H12ClFN4O. The van der Waals surface area contributed by atoms with Crippen LogP contribution in [0.2, 0.25) is 5.02 Å². The van der Waals surface area contributed by atoms with Crippen molar-refractivity contribution in [3.05, 3.63) is 46.5 Å². The number of ketones is 1. The number of hydrogen-bond acceptors (Lipinski definition) is 4. The number of benzene rings is 1. The summed E-state index contributed by atoms with van der Waals surface area (Å²) in [6.07, 6.45) is 1.65. The lowest BCUT2D eigenvalue weighted by Gasteiger charge is -2.04. The lowest BCUT2D eigenvalue weighted by molar-refractivity contribution is -0.119. The number of nitrogens with two attached hydrogens (primary N) is 1. The number of aromatic nitrogens is 3. The third kappa shape index (κ3) is 3.36. The van der Waals surface area contributed by atoms with E-state index in [0.717, 1.165) is 0 Å². The quantitative estimate of drug-likeness (QED) is 0.898. The maximum absolute atomic E-state index is 13.2. The highest BCUT2D eigenvalue weighted by molar-refractivity contribution is 6.31. The Balaban J connectivity index is 2.03. The molecule has 0 aliphatic carbocycles. The first-order chi connectivity index (χ1) is 9.10. The first-order valence-corrected chi connectivity index (χ1v) is 6.01. The second kappa shape index (κ2) is 5.90. The van der Waals surface area contributed by atoms with Crippen LogP contribution in [0.15, 0.2) is 24.4 Å². The number of halogens is 2. The van der Waals surface area contributed by atoms with E-state index in [9.17, 15) is 9.18 Å². The summed E-state index contributed by atoms with van der Waals surface area (Å²) in [5.74, 6) is -0.667. The molecule has 19 heavy (non-hydrogen) atoms. The summed E-state index contributed by atoms with van der Waals surface area (Å²) < 4.78 is 14.6. The molecule has 1 heterocycles. The highest BCUT2D eigenvalue weighted by Crippen LogP contribution is 2.20. The minimum atomic E-state index is -0.529. The predicted octanol–water partition coefficient (Wildman–Crippen LogP) is 1.34. The topological polar surface area (TPSA) is 73.8 Å². The van der Waals surface area contributed by atoms with Gasteiger partial charge < -0.3 is 5.73 Å². The van der Waals surface area contributed by atoms with Gasteiger partial charge in [0.05, 0.1) is 16.9 Å². The third-order valence-electron chi connectivity index (χ3n) is 2.55. The van der Waals surface area contributed by atoms with Crippen LogP contribution >= 0.6 is 11.6 Å². The van der Waals surface area contributed by atoms with E-state index in [4.69, 9.17) is 17.3 Å². The van der Waals surface area contributed by atoms with E-state index in [2.05, 4.69) is 10.3 Å². The SMILES string of the molecule is NCc1cn(CC(=O)Cc2cccc(F)c2Cl)nn1. The lowest BCUT2D eigenvalue weighted by atomic mass is 10.1. The van der Waals surface area contributed by atoms with Gasteiger partial charge in [0.2, 0.25) is 0 Å². The van der Waals surface area contributed by atoms with E-state index >= 15 is 0 Å². The first-order valence-electron chi connectivity index (χ1n) is 5.64. The van der Waals surface area contributed by atoms with Gasteiger partial charge in [0.15, 0.2) is 5.78 Å². The zero-order valence-corrected chi connectivity index (χ0v) is 10.8. The second-order valence-electron chi connectivity index (χ2n) is 4.04. The van der Waals surface area contributed by atoms with Crippen LogP contribution in [-0.2, 0) is 24.3 Å². The standard InChI is InChI=1S/C12H12ClFN4O/c13-12-8(2-1-3-11(12)14)4-10(19)7-18-6-9(5-15)16-17-18/h1-3,6H,4-5,7,15H2. The van der Waals surface area contributed by atoms with Gasteiger partial charge in [-0.05, 0) is 11.6 Å². The molecule has 0 spiro atoms. The summed E-state index contributed by atoms with van der Waals surface area (Å²) in [4.78, 5) is 11.8. The van der Waals surface area contributed by atoms with Crippen LogP contribution < -0.4 is 5.73 Å². The molecular weight excluding hydrogens is 271 g/mol. The zero-order chi connectivity index (χ0) is 13.8. The van der Waals surface area contributed by atoms with Crippen LogP contribution in [0.3, 0.4) is 0 Å². The molecule has 2 rings (SSSR count). The fraction of sp³-hybridized carbons (Fsp3) is 0.250. The molecule has 2 aromatic rings. The Kier molecular flexibility index (Phi) is 4.24. The maximum atomic E-state index is 13.2. The second-order valence-corrected chi connectivity index (χ2v) is 4.42. The van der Waals surface area contributed by atoms with Gasteiger partial charge in [0.25, 0.3) is 0 Å². The van der Waals surface area contributed by atoms with E-state index in [1.165, 1.54) is 16.8 Å². The van der Waals surface area contributed by atoms with Gasteiger partial charge >= 0.3 is 0 Å². The number of nitrogens with zero attached hydrogens (tertiary/aromatic N) is 3. The average molecular weight is 283 g/mol. The van der Waals surface area contributed by atoms with Crippen molar-refractivity contribution < 1.29 is 9.18 Å². The highest BCUT2D eigenvalue weighted by atomic mass is 35.5. The zero-order valence-electron chi connectivity index (χ0n) is 10.0. The fourth-order valence-corrected chi connectivity index (χ4v) is 1.84. The normalized spacial score (nSPS) is 10.7. The minimum absolute atomic E-state index is 0.0166. The van der Waals surface area contributed by atoms with Crippen LogP contribution in [-0.4, -0.2) is 20.8 Å². The Morgan fingerprint density at radius 1 is 1.47 bits per heavy atom. The maximum Gasteiger partial charge on any atom is 0.158 e. The Bertz CT molecular complexity index is 599. The van der Waals surface area contributed by atoms with E-state index in [0.29, 0.717) is 11.3 Å². The molecule has 0 radical (unpaired) electrons. The summed E-state index contributed by atoms with van der Waals surface area (Å²) in [5.41, 5.74) is 6.47. The van der Waals surface area contributed by atoms with E-state index < -0.39 is 5.82 Å². The molecule has 7 heteroatoms. The van der Waals surface area contributed by atoms with E-state index in [1.807, 2.05) is 0 Å². The number of hydrogen-bond donors (Lipinski definition) is 1. The van der Waals surface area contributed by atoms with Crippen LogP contribution in [0.5, 0.6) is 0 Å². The highest BCUT2D eigenvalue weighted by Gasteiger charge is 2.11. The Hall–Kier alpha value is -1.79. The van der Waals surface area contributed by atoms with Gasteiger partial charge in [-0.1, -0.05) is 28.9 Å². The Labute approximate surface area is 114 Å². The Morgan fingerprint density at radius 2 is 2.26 bits per heavy atom. The first kappa shape index (κ1) is 13.6. The number of carbonyl (C=O) groups is 1. The minimum Gasteiger partial charge on any atom is -0.325 e. The molecule has 0 atom stereocenters. The van der Waals surface area contributed by atoms with Crippen molar-refractivity contribution >= 4 is 17.4 Å². The van der Waals surface area contributed by atoms with Crippen molar-refractivity contribution in [1.29, 1.82) is 0 Å². The fourth-order valence-electron chi connectivity index (χ4n) is 1.64. The molecule has 0 amide bonds. The van der Waals surface area contributed by atoms with E-state index in [-0.39, 0.29) is 30.3 Å². The van der Waals surface area contributed by atoms with Crippen molar-refractivity contribution in [2.45, 2.75) is 19.5 Å². The summed E-state index contributed by atoms with van der Waals surface area (Å²) in [6, 6.07) is 4.39. The van der Waals surface area contributed by atoms with Crippen LogP contribution in [0.25, 0.3) is 0 Å². The summed E-state index contributed by atoms with van der Waals surface area (Å²) in [7, 11) is 0. The molecule has 100 valence electrons. The molecule has 0 saturated heterocycles. The van der Waals surface area contributed by atoms with Crippen LogP contribution in [0.1, 0.15) is 11.3 Å². The molecule has 0 unspecified atom stereocenters. The molecule has 1 aromatic carbocycles. The molecule has 0 fully saturated rings. The monoisotopic (exact) mass is 282 g/mol. The lowest BCUT2D eigenvalue weighted by Crippen LogP contribution is -2.13. The largest absolute Gasteiger partial charge is 0.325 e. The molecule has 0 bridgehead atoms. The summed E-state index contributed by atoms with van der Waals surface area (Å²) in [5, 5.41) is 7.53. The van der Waals surface area contributed by atoms with Gasteiger partial charge in [-0.2, -0.15) is 0 Å². The van der Waals surface area contributed by atoms with Crippen LogP contribution in [0, 0.1) is 5.82 Å². The molecule has 0 aliphatic heterocycles. The third-order valence-corrected chi connectivity index (χ3v) is 2.98. The summed E-state index contributed by atoms with van der Waals surface area (Å²) in [6.45, 7) is 0.323. The number of rotatable bonds is 5. The van der Waals surface area contributed by atoms with Crippen molar-refractivity contribution in [2.24, 2.45) is 5.73 Å². The predicted molar refractivity (Wildman–Crippen MR) is 68.0 cm³/mol.